The Balaban J connectivity index is 2.08. The van der Waals surface area contributed by atoms with Gasteiger partial charge in [0.2, 0.25) is 0 Å². The number of rotatable bonds is 3. The van der Waals surface area contributed by atoms with E-state index in [1.807, 2.05) is 0 Å². The van der Waals surface area contributed by atoms with Gasteiger partial charge < -0.3 is 50.0 Å². The van der Waals surface area contributed by atoms with Crippen LogP contribution in [0.4, 0.5) is 0 Å². The smallest absolute Gasteiger partial charge is 0.187 e. The maximum Gasteiger partial charge on any atom is 0.187 e. The molecule has 10 heteroatoms. The van der Waals surface area contributed by atoms with Gasteiger partial charge >= 0.3 is 0 Å². The van der Waals surface area contributed by atoms with Crippen molar-refractivity contribution in [2.75, 3.05) is 6.61 Å². The summed E-state index contributed by atoms with van der Waals surface area (Å²) in [5.41, 5.74) is 0. The number of hydrogen-bond donors (Lipinski definition) is 7. The minimum atomic E-state index is -1.64. The molecule has 0 aromatic carbocycles. The second-order valence-corrected chi connectivity index (χ2v) is 5.51. The van der Waals surface area contributed by atoms with Crippen molar-refractivity contribution in [3.8, 4) is 0 Å². The Hall–Kier alpha value is -0.400. The molecular weight excluding hydrogens is 304 g/mol. The summed E-state index contributed by atoms with van der Waals surface area (Å²) >= 11 is 0. The number of aliphatic hydroxyl groups is 7. The fraction of sp³-hybridized carbons (Fsp3) is 1.00. The number of aliphatic hydroxyl groups excluding tert-OH is 7. The van der Waals surface area contributed by atoms with Crippen LogP contribution in [-0.4, -0.2) is 104 Å². The lowest BCUT2D eigenvalue weighted by Gasteiger charge is -2.44. The predicted octanol–water partition coefficient (Wildman–Crippen LogP) is -4.37. The molecular formula is C12H22O10. The van der Waals surface area contributed by atoms with E-state index in [9.17, 15) is 30.6 Å². The van der Waals surface area contributed by atoms with Gasteiger partial charge in [-0.3, -0.25) is 0 Å². The Bertz CT molecular complexity index is 366. The largest absolute Gasteiger partial charge is 0.394 e. The lowest BCUT2D eigenvalue weighted by Crippen LogP contribution is -2.63. The first-order valence-corrected chi connectivity index (χ1v) is 6.93. The van der Waals surface area contributed by atoms with E-state index in [0.717, 1.165) is 0 Å². The molecule has 2 fully saturated rings. The summed E-state index contributed by atoms with van der Waals surface area (Å²) in [6, 6.07) is 0. The van der Waals surface area contributed by atoms with Crippen LogP contribution < -0.4 is 0 Å². The average Bonchev–Trinajstić information content (AvgIpc) is 2.49. The molecule has 10 atom stereocenters. The first-order valence-electron chi connectivity index (χ1n) is 6.93. The van der Waals surface area contributed by atoms with Gasteiger partial charge in [0.25, 0.3) is 0 Å². The van der Waals surface area contributed by atoms with Crippen LogP contribution in [0.5, 0.6) is 0 Å². The summed E-state index contributed by atoms with van der Waals surface area (Å²) in [6.07, 6.45) is -14.2. The highest BCUT2D eigenvalue weighted by molar-refractivity contribution is 4.92. The van der Waals surface area contributed by atoms with Crippen LogP contribution in [0.15, 0.2) is 0 Å². The molecule has 2 saturated heterocycles. The second kappa shape index (κ2) is 7.01. The zero-order valence-electron chi connectivity index (χ0n) is 11.8. The fourth-order valence-electron chi connectivity index (χ4n) is 2.54. The molecule has 0 aromatic heterocycles. The minimum Gasteiger partial charge on any atom is -0.394 e. The monoisotopic (exact) mass is 326 g/mol. The number of ether oxygens (including phenoxy) is 3. The first-order chi connectivity index (χ1) is 10.3. The fourth-order valence-corrected chi connectivity index (χ4v) is 2.54. The molecule has 0 amide bonds. The molecule has 10 nitrogen and oxygen atoms in total. The predicted molar refractivity (Wildman–Crippen MR) is 67.2 cm³/mol. The molecule has 0 aromatic rings. The van der Waals surface area contributed by atoms with E-state index in [1.165, 1.54) is 6.92 Å². The lowest BCUT2D eigenvalue weighted by molar-refractivity contribution is -0.351. The molecule has 7 N–H and O–H groups in total. The maximum absolute atomic E-state index is 9.92. The van der Waals surface area contributed by atoms with E-state index in [2.05, 4.69) is 0 Å². The van der Waals surface area contributed by atoms with E-state index in [1.54, 1.807) is 0 Å². The van der Waals surface area contributed by atoms with Crippen molar-refractivity contribution in [3.63, 3.8) is 0 Å². The highest BCUT2D eigenvalue weighted by atomic mass is 16.7. The van der Waals surface area contributed by atoms with Gasteiger partial charge in [0.1, 0.15) is 42.7 Å². The van der Waals surface area contributed by atoms with Gasteiger partial charge in [0.15, 0.2) is 12.6 Å². The minimum absolute atomic E-state index is 0.620. The first kappa shape index (κ1) is 17.9. The van der Waals surface area contributed by atoms with Crippen molar-refractivity contribution < 1.29 is 50.0 Å². The van der Waals surface area contributed by atoms with E-state index >= 15 is 0 Å². The van der Waals surface area contributed by atoms with Crippen LogP contribution in [-0.2, 0) is 14.2 Å². The third-order valence-electron chi connectivity index (χ3n) is 3.94. The van der Waals surface area contributed by atoms with Gasteiger partial charge in [-0.1, -0.05) is 0 Å². The van der Waals surface area contributed by atoms with Crippen LogP contribution in [0.3, 0.4) is 0 Å². The van der Waals surface area contributed by atoms with Gasteiger partial charge in [-0.05, 0) is 6.92 Å². The average molecular weight is 326 g/mol. The quantitative estimate of drug-likeness (QED) is 0.269. The molecule has 0 spiro atoms. The Morgan fingerprint density at radius 2 is 1.45 bits per heavy atom. The molecule has 0 saturated carbocycles. The van der Waals surface area contributed by atoms with Crippen molar-refractivity contribution >= 4 is 0 Å². The molecule has 2 aliphatic rings. The zero-order chi connectivity index (χ0) is 16.6. The van der Waals surface area contributed by atoms with Crippen molar-refractivity contribution in [1.29, 1.82) is 0 Å². The third kappa shape index (κ3) is 3.26. The summed E-state index contributed by atoms with van der Waals surface area (Å²) in [4.78, 5) is 0. The van der Waals surface area contributed by atoms with Gasteiger partial charge in [0, 0.05) is 0 Å². The molecule has 0 unspecified atom stereocenters. The summed E-state index contributed by atoms with van der Waals surface area (Å²) in [5, 5.41) is 67.2. The maximum atomic E-state index is 9.92. The van der Waals surface area contributed by atoms with E-state index in [4.69, 9.17) is 19.3 Å². The van der Waals surface area contributed by atoms with Crippen molar-refractivity contribution in [1.82, 2.24) is 0 Å². The molecule has 0 bridgehead atoms. The van der Waals surface area contributed by atoms with Gasteiger partial charge in [-0.25, -0.2) is 0 Å². The lowest BCUT2D eigenvalue weighted by atomic mass is 9.97. The van der Waals surface area contributed by atoms with Gasteiger partial charge in [0.05, 0.1) is 12.7 Å². The zero-order valence-corrected chi connectivity index (χ0v) is 11.8. The van der Waals surface area contributed by atoms with Crippen molar-refractivity contribution in [2.45, 2.75) is 68.3 Å². The van der Waals surface area contributed by atoms with Crippen LogP contribution in [0.2, 0.25) is 0 Å². The second-order valence-electron chi connectivity index (χ2n) is 5.51. The summed E-state index contributed by atoms with van der Waals surface area (Å²) in [7, 11) is 0. The van der Waals surface area contributed by atoms with Gasteiger partial charge in [-0.2, -0.15) is 0 Å². The molecule has 0 aliphatic carbocycles. The Kier molecular flexibility index (Phi) is 5.72. The molecule has 130 valence electrons. The van der Waals surface area contributed by atoms with E-state index in [0.29, 0.717) is 0 Å². The number of hydrogen-bond acceptors (Lipinski definition) is 10. The van der Waals surface area contributed by atoms with Crippen LogP contribution in [0.1, 0.15) is 6.92 Å². The van der Waals surface area contributed by atoms with E-state index in [-0.39, 0.29) is 0 Å². The van der Waals surface area contributed by atoms with Crippen LogP contribution in [0, 0.1) is 0 Å². The normalized spacial score (nSPS) is 53.5. The van der Waals surface area contributed by atoms with E-state index < -0.39 is 68.0 Å². The summed E-state index contributed by atoms with van der Waals surface area (Å²) in [6.45, 7) is 0.846. The topological polar surface area (TPSA) is 169 Å². The standard InChI is InChI=1S/C12H22O10/c1-3-10(7(16)8(17)11(19)20-3)22-12-9(18)6(15)5(14)4(2-13)21-12/h3-19H,2H2,1H3/t3-,4+,5-,6-,7-,8-,9+,10+,11+,12-/m0/s1. The molecule has 0 radical (unpaired) electrons. The summed E-state index contributed by atoms with van der Waals surface area (Å²) < 4.78 is 15.5. The highest BCUT2D eigenvalue weighted by Gasteiger charge is 2.49. The highest BCUT2D eigenvalue weighted by Crippen LogP contribution is 2.28. The molecule has 2 aliphatic heterocycles. The van der Waals surface area contributed by atoms with Crippen molar-refractivity contribution in [2.24, 2.45) is 0 Å². The van der Waals surface area contributed by atoms with Crippen LogP contribution in [0.25, 0.3) is 0 Å². The third-order valence-corrected chi connectivity index (χ3v) is 3.94. The van der Waals surface area contributed by atoms with Crippen molar-refractivity contribution in [3.05, 3.63) is 0 Å². The van der Waals surface area contributed by atoms with Gasteiger partial charge in [-0.15, -0.1) is 0 Å². The Labute approximate surface area is 126 Å². The molecule has 22 heavy (non-hydrogen) atoms. The van der Waals surface area contributed by atoms with Crippen LogP contribution >= 0.6 is 0 Å². The molecule has 2 rings (SSSR count). The Morgan fingerprint density at radius 3 is 2.05 bits per heavy atom. The summed E-state index contributed by atoms with van der Waals surface area (Å²) in [5.74, 6) is 0. The molecule has 2 heterocycles. The Morgan fingerprint density at radius 1 is 0.818 bits per heavy atom. The SMILES string of the molecule is C[C@@H]1O[C@@H](O)[C@@H](O)[C@H](O)[C@@H]1O[C@@H]1O[C@H](CO)[C@H](O)[C@H](O)[C@H]1O.